The molecule has 0 bridgehead atoms. The van der Waals surface area contributed by atoms with Gasteiger partial charge in [0.15, 0.2) is 0 Å². The van der Waals surface area contributed by atoms with Gasteiger partial charge < -0.3 is 4.55 Å². The van der Waals surface area contributed by atoms with Gasteiger partial charge in [0.2, 0.25) is 11.1 Å². The number of hydrogen-bond acceptors (Lipinski definition) is 3. The fourth-order valence-corrected chi connectivity index (χ4v) is 2.33. The molecule has 1 N–H and O–H groups in total. The third-order valence-corrected chi connectivity index (χ3v) is 4.51. The highest BCUT2D eigenvalue weighted by atomic mass is 32.3. The minimum Gasteiger partial charge on any atom is -0.303 e. The van der Waals surface area contributed by atoms with Gasteiger partial charge in [-0.15, -0.1) is 0 Å². The van der Waals surface area contributed by atoms with Crippen molar-refractivity contribution in [1.29, 1.82) is 0 Å². The molecule has 0 saturated heterocycles. The lowest BCUT2D eigenvalue weighted by Gasteiger charge is -2.24. The molecule has 0 rings (SSSR count). The summed E-state index contributed by atoms with van der Waals surface area (Å²) in [4.78, 5) is 0. The zero-order valence-electron chi connectivity index (χ0n) is 6.63. The maximum absolute atomic E-state index is 12.7. The van der Waals surface area contributed by atoms with Crippen LogP contribution in [0.15, 0.2) is 0 Å². The maximum atomic E-state index is 12.7. The standard InChI is InChI=1S/C3HF7O4S2/c4-1(5,6)2(7,15(11)12)16(13,14)3(8,9)10/h(H,11,12). The van der Waals surface area contributed by atoms with Crippen LogP contribution in [0, 0.1) is 0 Å². The molecule has 0 aliphatic heterocycles. The summed E-state index contributed by atoms with van der Waals surface area (Å²) < 4.78 is 115. The molecule has 0 aromatic heterocycles. The fourth-order valence-electron chi connectivity index (χ4n) is 0.494. The average Bonchev–Trinajstić information content (AvgIpc) is 1.97. The molecule has 0 fully saturated rings. The first-order valence-corrected chi connectivity index (χ1v) is 5.46. The Morgan fingerprint density at radius 1 is 0.938 bits per heavy atom. The zero-order valence-corrected chi connectivity index (χ0v) is 8.27. The summed E-state index contributed by atoms with van der Waals surface area (Å²) in [5.41, 5.74) is -6.66. The molecule has 0 aromatic carbocycles. The van der Waals surface area contributed by atoms with E-state index in [9.17, 15) is 43.4 Å². The van der Waals surface area contributed by atoms with Crippen molar-refractivity contribution in [1.82, 2.24) is 0 Å². The van der Waals surface area contributed by atoms with E-state index in [1.165, 1.54) is 0 Å². The van der Waals surface area contributed by atoms with Crippen LogP contribution in [-0.2, 0) is 20.9 Å². The van der Waals surface area contributed by atoms with Gasteiger partial charge in [0, 0.05) is 0 Å². The van der Waals surface area contributed by atoms with Crippen molar-refractivity contribution < 1.29 is 47.9 Å². The molecule has 0 aliphatic rings. The van der Waals surface area contributed by atoms with E-state index in [4.69, 9.17) is 4.55 Å². The van der Waals surface area contributed by atoms with Crippen molar-refractivity contribution in [2.75, 3.05) is 0 Å². The first kappa shape index (κ1) is 15.6. The van der Waals surface area contributed by atoms with Crippen molar-refractivity contribution in [3.05, 3.63) is 0 Å². The zero-order chi connectivity index (χ0) is 13.6. The highest BCUT2D eigenvalue weighted by molar-refractivity contribution is 8.06. The molecular weight excluding hydrogens is 297 g/mol. The van der Waals surface area contributed by atoms with Crippen molar-refractivity contribution in [3.8, 4) is 0 Å². The van der Waals surface area contributed by atoms with Gasteiger partial charge in [-0.05, 0) is 0 Å². The van der Waals surface area contributed by atoms with Gasteiger partial charge in [-0.25, -0.2) is 12.6 Å². The molecule has 0 heterocycles. The molecule has 0 spiro atoms. The van der Waals surface area contributed by atoms with Crippen LogP contribution in [0.1, 0.15) is 0 Å². The normalized spacial score (nSPS) is 20.2. The molecule has 2 atom stereocenters. The van der Waals surface area contributed by atoms with Gasteiger partial charge in [-0.3, -0.25) is 0 Å². The van der Waals surface area contributed by atoms with Gasteiger partial charge in [0.25, 0.3) is 0 Å². The van der Waals surface area contributed by atoms with Gasteiger partial charge in [-0.1, -0.05) is 0 Å². The summed E-state index contributed by atoms with van der Waals surface area (Å²) in [7, 11) is -7.54. The number of alkyl halides is 7. The minimum atomic E-state index is -7.54. The first-order valence-electron chi connectivity index (χ1n) is 2.87. The van der Waals surface area contributed by atoms with E-state index < -0.39 is 36.9 Å². The molecule has 0 aliphatic carbocycles. The van der Waals surface area contributed by atoms with Crippen LogP contribution < -0.4 is 0 Å². The predicted octanol–water partition coefficient (Wildman–Crippen LogP) is 1.33. The number of hydrogen-bond donors (Lipinski definition) is 1. The summed E-state index contributed by atoms with van der Waals surface area (Å²) in [6.07, 6.45) is -6.71. The second-order valence-electron chi connectivity index (χ2n) is 2.23. The lowest BCUT2D eigenvalue weighted by atomic mass is 10.7. The second-order valence-corrected chi connectivity index (χ2v) is 5.58. The largest absolute Gasteiger partial charge is 0.502 e. The molecule has 2 unspecified atom stereocenters. The minimum absolute atomic E-state index is 4.95. The van der Waals surface area contributed by atoms with Crippen LogP contribution in [-0.4, -0.2) is 33.2 Å². The second kappa shape index (κ2) is 3.80. The average molecular weight is 298 g/mol. The molecular formula is C3HF7O4S2. The molecule has 0 radical (unpaired) electrons. The summed E-state index contributed by atoms with van der Waals surface area (Å²) in [5.74, 6) is 0. The summed E-state index contributed by atoms with van der Waals surface area (Å²) in [6, 6.07) is 0. The topological polar surface area (TPSA) is 71.4 Å². The first-order chi connectivity index (χ1) is 6.69. The Balaban J connectivity index is 6.09. The van der Waals surface area contributed by atoms with E-state index in [0.29, 0.717) is 0 Å². The van der Waals surface area contributed by atoms with E-state index in [0.717, 1.165) is 0 Å². The van der Waals surface area contributed by atoms with Gasteiger partial charge in [-0.2, -0.15) is 30.7 Å². The SMILES string of the molecule is O=S(O)C(F)(C(F)(F)F)S(=O)(=O)C(F)(F)F. The Bertz CT molecular complexity index is 393. The van der Waals surface area contributed by atoms with Crippen molar-refractivity contribution in [2.45, 2.75) is 16.0 Å². The van der Waals surface area contributed by atoms with E-state index in [1.807, 2.05) is 0 Å². The summed E-state index contributed by atoms with van der Waals surface area (Å²) >= 11 is -4.95. The quantitative estimate of drug-likeness (QED) is 0.616. The molecule has 13 heteroatoms. The number of sulfone groups is 1. The lowest BCUT2D eigenvalue weighted by Crippen LogP contribution is -2.55. The number of halogens is 7. The molecule has 16 heavy (non-hydrogen) atoms. The maximum Gasteiger partial charge on any atom is 0.502 e. The fraction of sp³-hybridized carbons (Fsp3) is 1.00. The summed E-state index contributed by atoms with van der Waals surface area (Å²) in [6.45, 7) is 0. The third kappa shape index (κ3) is 2.02. The summed E-state index contributed by atoms with van der Waals surface area (Å²) in [5, 5.41) is 0. The molecule has 4 nitrogen and oxygen atoms in total. The van der Waals surface area contributed by atoms with Crippen LogP contribution in [0.4, 0.5) is 30.7 Å². The lowest BCUT2D eigenvalue weighted by molar-refractivity contribution is -0.175. The van der Waals surface area contributed by atoms with E-state index in [-0.39, 0.29) is 0 Å². The van der Waals surface area contributed by atoms with Crippen LogP contribution in [0.25, 0.3) is 0 Å². The van der Waals surface area contributed by atoms with E-state index in [1.54, 1.807) is 0 Å². The Morgan fingerprint density at radius 2 is 1.25 bits per heavy atom. The van der Waals surface area contributed by atoms with Crippen molar-refractivity contribution in [2.24, 2.45) is 0 Å². The third-order valence-electron chi connectivity index (χ3n) is 1.21. The van der Waals surface area contributed by atoms with Crippen LogP contribution in [0.3, 0.4) is 0 Å². The van der Waals surface area contributed by atoms with E-state index >= 15 is 0 Å². The highest BCUT2D eigenvalue weighted by Crippen LogP contribution is 2.46. The van der Waals surface area contributed by atoms with Gasteiger partial charge in [0.1, 0.15) is 0 Å². The smallest absolute Gasteiger partial charge is 0.303 e. The number of rotatable bonds is 2. The van der Waals surface area contributed by atoms with Gasteiger partial charge in [0.05, 0.1) is 0 Å². The monoisotopic (exact) mass is 298 g/mol. The van der Waals surface area contributed by atoms with Crippen molar-refractivity contribution in [3.63, 3.8) is 0 Å². The van der Waals surface area contributed by atoms with Crippen LogP contribution in [0.2, 0.25) is 0 Å². The van der Waals surface area contributed by atoms with Crippen LogP contribution >= 0.6 is 0 Å². The van der Waals surface area contributed by atoms with Crippen LogP contribution in [0.5, 0.6) is 0 Å². The Hall–Kier alpha value is -0.430. The highest BCUT2D eigenvalue weighted by Gasteiger charge is 2.77. The molecule has 98 valence electrons. The molecule has 0 aromatic rings. The van der Waals surface area contributed by atoms with E-state index in [2.05, 4.69) is 0 Å². The Labute approximate surface area is 85.6 Å². The Morgan fingerprint density at radius 3 is 1.31 bits per heavy atom. The molecule has 0 amide bonds. The van der Waals surface area contributed by atoms with Gasteiger partial charge >= 0.3 is 25.9 Å². The predicted molar refractivity (Wildman–Crippen MR) is 35.6 cm³/mol. The molecule has 0 saturated carbocycles. The Kier molecular flexibility index (Phi) is 3.70. The van der Waals surface area contributed by atoms with Crippen molar-refractivity contribution >= 4 is 20.9 Å².